The van der Waals surface area contributed by atoms with Crippen LogP contribution in [0.25, 0.3) is 17.4 Å². The number of hydrogen-bond donors (Lipinski definition) is 1. The van der Waals surface area contributed by atoms with Crippen LogP contribution in [0, 0.1) is 10.1 Å². The third kappa shape index (κ3) is 4.60. The van der Waals surface area contributed by atoms with Crippen LogP contribution in [-0.2, 0) is 9.59 Å². The number of carboxylic acids is 1. The molecule has 1 atom stereocenters. The molecule has 3 rings (SSSR count). The lowest BCUT2D eigenvalue weighted by atomic mass is 10.1. The van der Waals surface area contributed by atoms with Crippen molar-refractivity contribution in [1.29, 1.82) is 0 Å². The molecule has 1 N–H and O–H groups in total. The number of hydrogen-bond acceptors (Lipinski definition) is 7. The first-order chi connectivity index (χ1) is 14.3. The summed E-state index contributed by atoms with van der Waals surface area (Å²) < 4.78 is 5.91. The Labute approximate surface area is 181 Å². The number of rotatable bonds is 8. The van der Waals surface area contributed by atoms with Crippen LogP contribution < -0.4 is 0 Å². The highest BCUT2D eigenvalue weighted by Crippen LogP contribution is 2.36. The molecule has 2 aromatic rings. The number of nitro benzene ring substituents is 1. The van der Waals surface area contributed by atoms with Crippen LogP contribution in [-0.4, -0.2) is 37.2 Å². The average Bonchev–Trinajstić information content (AvgIpc) is 3.28. The van der Waals surface area contributed by atoms with Crippen molar-refractivity contribution < 1.29 is 24.0 Å². The molecule has 1 aliphatic heterocycles. The van der Waals surface area contributed by atoms with Gasteiger partial charge in [0.05, 0.1) is 9.83 Å². The van der Waals surface area contributed by atoms with Gasteiger partial charge in [-0.15, -0.1) is 0 Å². The highest BCUT2D eigenvalue weighted by Gasteiger charge is 2.40. The van der Waals surface area contributed by atoms with Crippen LogP contribution >= 0.6 is 24.0 Å². The summed E-state index contributed by atoms with van der Waals surface area (Å²) in [6, 6.07) is 8.30. The normalized spacial score (nSPS) is 16.3. The molecule has 1 aromatic carbocycles. The van der Waals surface area contributed by atoms with Crippen molar-refractivity contribution in [3.8, 4) is 11.3 Å². The van der Waals surface area contributed by atoms with Crippen molar-refractivity contribution in [3.05, 3.63) is 57.2 Å². The van der Waals surface area contributed by atoms with E-state index in [0.717, 1.165) is 23.1 Å². The van der Waals surface area contributed by atoms with Gasteiger partial charge in [-0.05, 0) is 18.6 Å². The number of non-ortho nitro benzene ring substituents is 1. The maximum absolute atomic E-state index is 12.8. The first-order valence-electron chi connectivity index (χ1n) is 9.16. The topological polar surface area (TPSA) is 114 Å². The summed E-state index contributed by atoms with van der Waals surface area (Å²) in [6.45, 7) is 1.94. The largest absolute Gasteiger partial charge is 0.480 e. The number of nitrogens with zero attached hydrogens (tertiary/aromatic N) is 2. The van der Waals surface area contributed by atoms with Gasteiger partial charge in [0.25, 0.3) is 11.6 Å². The number of amides is 1. The molecule has 1 aromatic heterocycles. The monoisotopic (exact) mass is 446 g/mol. The molecule has 0 aliphatic carbocycles. The van der Waals surface area contributed by atoms with Crippen LogP contribution in [0.5, 0.6) is 0 Å². The Bertz CT molecular complexity index is 1050. The summed E-state index contributed by atoms with van der Waals surface area (Å²) in [4.78, 5) is 36.3. The van der Waals surface area contributed by atoms with Crippen LogP contribution in [0.3, 0.4) is 0 Å². The maximum atomic E-state index is 12.8. The number of carboxylic acid groups (broad SMARTS) is 1. The van der Waals surface area contributed by atoms with E-state index in [2.05, 4.69) is 0 Å². The summed E-state index contributed by atoms with van der Waals surface area (Å²) in [5.74, 6) is -0.794. The molecule has 1 aliphatic rings. The van der Waals surface area contributed by atoms with Crippen molar-refractivity contribution in [1.82, 2.24) is 4.90 Å². The molecule has 1 fully saturated rings. The highest BCUT2D eigenvalue weighted by atomic mass is 32.2. The van der Waals surface area contributed by atoms with E-state index in [1.165, 1.54) is 18.2 Å². The van der Waals surface area contributed by atoms with Crippen molar-refractivity contribution in [2.75, 3.05) is 0 Å². The van der Waals surface area contributed by atoms with Crippen LogP contribution in [0.1, 0.15) is 31.9 Å². The number of carbonyl (C=O) groups excluding carboxylic acids is 1. The van der Waals surface area contributed by atoms with Gasteiger partial charge >= 0.3 is 5.97 Å². The molecule has 1 unspecified atom stereocenters. The zero-order valence-corrected chi connectivity index (χ0v) is 17.6. The Morgan fingerprint density at radius 2 is 2.17 bits per heavy atom. The second kappa shape index (κ2) is 9.23. The van der Waals surface area contributed by atoms with E-state index >= 15 is 0 Å². The lowest BCUT2D eigenvalue weighted by Gasteiger charge is -2.22. The van der Waals surface area contributed by atoms with E-state index in [1.54, 1.807) is 24.3 Å². The number of benzene rings is 1. The SMILES string of the molecule is CCCCC(C(=O)O)N1C(=O)C(=Cc2ccc(-c3cccc([N+](=O)[O-])c3)o2)SC1=S. The number of thioether (sulfide) groups is 1. The third-order valence-corrected chi connectivity index (χ3v) is 5.82. The maximum Gasteiger partial charge on any atom is 0.326 e. The molecule has 1 amide bonds. The van der Waals surface area contributed by atoms with E-state index in [4.69, 9.17) is 16.6 Å². The average molecular weight is 447 g/mol. The molecule has 0 bridgehead atoms. The Hall–Kier alpha value is -2.98. The quantitative estimate of drug-likeness (QED) is 0.269. The van der Waals surface area contributed by atoms with Gasteiger partial charge in [-0.25, -0.2) is 4.79 Å². The lowest BCUT2D eigenvalue weighted by molar-refractivity contribution is -0.384. The van der Waals surface area contributed by atoms with Crippen LogP contribution in [0.15, 0.2) is 45.7 Å². The third-order valence-electron chi connectivity index (χ3n) is 4.49. The van der Waals surface area contributed by atoms with Crippen molar-refractivity contribution in [2.24, 2.45) is 0 Å². The van der Waals surface area contributed by atoms with Gasteiger partial charge in [0.2, 0.25) is 0 Å². The molecular weight excluding hydrogens is 428 g/mol. The van der Waals surface area contributed by atoms with Crippen molar-refractivity contribution >= 4 is 51.9 Å². The standard InChI is InChI=1S/C20H18N2O6S2/c1-2-3-7-15(19(24)25)21-18(23)17(30-20(21)29)11-14-8-9-16(28-14)12-5-4-6-13(10-12)22(26)27/h4-6,8-11,15H,2-3,7H2,1H3,(H,24,25). The van der Waals surface area contributed by atoms with Gasteiger partial charge in [0.1, 0.15) is 21.9 Å². The molecule has 156 valence electrons. The van der Waals surface area contributed by atoms with Gasteiger partial charge in [-0.2, -0.15) is 0 Å². The highest BCUT2D eigenvalue weighted by molar-refractivity contribution is 8.26. The first-order valence-corrected chi connectivity index (χ1v) is 10.4. The summed E-state index contributed by atoms with van der Waals surface area (Å²) >= 11 is 6.27. The number of thiocarbonyl (C=S) groups is 1. The van der Waals surface area contributed by atoms with E-state index in [1.807, 2.05) is 6.92 Å². The molecule has 30 heavy (non-hydrogen) atoms. The second-order valence-corrected chi connectivity index (χ2v) is 8.23. The fourth-order valence-corrected chi connectivity index (χ4v) is 4.33. The van der Waals surface area contributed by atoms with E-state index in [-0.39, 0.29) is 14.9 Å². The number of carbonyl (C=O) groups is 2. The molecule has 0 spiro atoms. The van der Waals surface area contributed by atoms with Crippen LogP contribution in [0.2, 0.25) is 0 Å². The molecule has 10 heteroatoms. The van der Waals surface area contributed by atoms with E-state index in [0.29, 0.717) is 29.9 Å². The molecule has 2 heterocycles. The molecule has 0 radical (unpaired) electrons. The number of furan rings is 1. The van der Waals surface area contributed by atoms with Gasteiger partial charge in [-0.3, -0.25) is 19.8 Å². The Morgan fingerprint density at radius 3 is 2.83 bits per heavy atom. The summed E-state index contributed by atoms with van der Waals surface area (Å²) in [7, 11) is 0. The predicted molar refractivity (Wildman–Crippen MR) is 117 cm³/mol. The Kier molecular flexibility index (Phi) is 6.68. The summed E-state index contributed by atoms with van der Waals surface area (Å²) in [5, 5.41) is 20.5. The molecule has 1 saturated heterocycles. The van der Waals surface area contributed by atoms with E-state index in [9.17, 15) is 24.8 Å². The molecule has 8 nitrogen and oxygen atoms in total. The van der Waals surface area contributed by atoms with Crippen molar-refractivity contribution in [2.45, 2.75) is 32.2 Å². The fraction of sp³-hybridized carbons (Fsp3) is 0.250. The first kappa shape index (κ1) is 21.7. The van der Waals surface area contributed by atoms with Crippen LogP contribution in [0.4, 0.5) is 5.69 Å². The number of aliphatic carboxylic acids is 1. The molecular formula is C20H18N2O6S2. The molecule has 0 saturated carbocycles. The van der Waals surface area contributed by atoms with Gasteiger partial charge in [0.15, 0.2) is 0 Å². The minimum atomic E-state index is -1.09. The summed E-state index contributed by atoms with van der Waals surface area (Å²) in [5.41, 5.74) is 0.472. The fourth-order valence-electron chi connectivity index (χ4n) is 3.00. The van der Waals surface area contributed by atoms with Gasteiger partial charge in [-0.1, -0.05) is 55.9 Å². The Balaban J connectivity index is 1.84. The lowest BCUT2D eigenvalue weighted by Crippen LogP contribution is -2.43. The number of nitro groups is 1. The summed E-state index contributed by atoms with van der Waals surface area (Å²) in [6.07, 6.45) is 3.29. The zero-order chi connectivity index (χ0) is 21.8. The minimum absolute atomic E-state index is 0.0573. The minimum Gasteiger partial charge on any atom is -0.480 e. The number of unbranched alkanes of at least 4 members (excludes halogenated alkanes) is 1. The second-order valence-electron chi connectivity index (χ2n) is 6.56. The van der Waals surface area contributed by atoms with Crippen molar-refractivity contribution in [3.63, 3.8) is 0 Å². The predicted octanol–water partition coefficient (Wildman–Crippen LogP) is 4.70. The Morgan fingerprint density at radius 1 is 1.40 bits per heavy atom. The van der Waals surface area contributed by atoms with Gasteiger partial charge < -0.3 is 9.52 Å². The van der Waals surface area contributed by atoms with Gasteiger partial charge in [0, 0.05) is 23.8 Å². The zero-order valence-electron chi connectivity index (χ0n) is 15.9. The smallest absolute Gasteiger partial charge is 0.326 e. The van der Waals surface area contributed by atoms with E-state index < -0.39 is 22.8 Å².